The highest BCUT2D eigenvalue weighted by atomic mass is 15.3. The monoisotopic (exact) mass is 271 g/mol. The van der Waals surface area contributed by atoms with Gasteiger partial charge in [-0.2, -0.15) is 5.10 Å². The summed E-state index contributed by atoms with van der Waals surface area (Å²) in [5, 5.41) is 5.41. The molecule has 2 aromatic rings. The molecule has 0 amide bonds. The molecule has 0 aromatic carbocycles. The molecule has 0 N–H and O–H groups in total. The summed E-state index contributed by atoms with van der Waals surface area (Å²) in [6, 6.07) is 0. The third-order valence-electron chi connectivity index (χ3n) is 5.10. The molecule has 5 nitrogen and oxygen atoms in total. The van der Waals surface area contributed by atoms with Crippen LogP contribution in [0.5, 0.6) is 0 Å². The summed E-state index contributed by atoms with van der Waals surface area (Å²) in [4.78, 5) is 11.3. The van der Waals surface area contributed by atoms with E-state index in [9.17, 15) is 0 Å². The summed E-state index contributed by atoms with van der Waals surface area (Å²) >= 11 is 0. The van der Waals surface area contributed by atoms with Crippen molar-refractivity contribution in [1.29, 1.82) is 0 Å². The fourth-order valence-electron chi connectivity index (χ4n) is 3.99. The molecule has 3 heterocycles. The number of hydrogen-bond donors (Lipinski definition) is 0. The van der Waals surface area contributed by atoms with Gasteiger partial charge in [0, 0.05) is 20.1 Å². The molecule has 0 spiro atoms. The van der Waals surface area contributed by atoms with Gasteiger partial charge in [0.05, 0.1) is 11.6 Å². The Kier molecular flexibility index (Phi) is 2.86. The summed E-state index contributed by atoms with van der Waals surface area (Å²) < 4.78 is 1.83. The molecular weight excluding hydrogens is 250 g/mol. The van der Waals surface area contributed by atoms with Gasteiger partial charge in [0.2, 0.25) is 0 Å². The number of hydrogen-bond acceptors (Lipinski definition) is 4. The van der Waals surface area contributed by atoms with Crippen molar-refractivity contribution < 1.29 is 0 Å². The van der Waals surface area contributed by atoms with E-state index >= 15 is 0 Å². The molecule has 1 aliphatic heterocycles. The highest BCUT2D eigenvalue weighted by molar-refractivity contribution is 5.86. The first-order valence-electron chi connectivity index (χ1n) is 7.70. The van der Waals surface area contributed by atoms with Gasteiger partial charge in [-0.3, -0.25) is 4.68 Å². The molecule has 20 heavy (non-hydrogen) atoms. The number of aryl methyl sites for hydroxylation is 1. The predicted molar refractivity (Wildman–Crippen MR) is 78.6 cm³/mol. The molecule has 2 aromatic heterocycles. The van der Waals surface area contributed by atoms with Crippen molar-refractivity contribution in [2.45, 2.75) is 32.1 Å². The van der Waals surface area contributed by atoms with Crippen LogP contribution in [0.25, 0.3) is 11.0 Å². The molecule has 0 unspecified atom stereocenters. The van der Waals surface area contributed by atoms with Gasteiger partial charge < -0.3 is 4.90 Å². The summed E-state index contributed by atoms with van der Waals surface area (Å²) in [5.74, 6) is 2.89. The highest BCUT2D eigenvalue weighted by Crippen LogP contribution is 2.38. The van der Waals surface area contributed by atoms with E-state index < -0.39 is 0 Å². The van der Waals surface area contributed by atoms with E-state index in [2.05, 4.69) is 20.0 Å². The van der Waals surface area contributed by atoms with Crippen LogP contribution in [-0.4, -0.2) is 32.8 Å². The van der Waals surface area contributed by atoms with E-state index in [1.807, 2.05) is 17.9 Å². The largest absolute Gasteiger partial charge is 0.356 e. The number of fused-ring (bicyclic) bond motifs is 2. The molecule has 2 atom stereocenters. The van der Waals surface area contributed by atoms with Crippen molar-refractivity contribution in [1.82, 2.24) is 19.7 Å². The Morgan fingerprint density at radius 2 is 1.95 bits per heavy atom. The van der Waals surface area contributed by atoms with Crippen LogP contribution < -0.4 is 4.90 Å². The molecule has 1 aliphatic carbocycles. The minimum atomic E-state index is 0.860. The van der Waals surface area contributed by atoms with Crippen LogP contribution in [0, 0.1) is 11.8 Å². The second-order valence-electron chi connectivity index (χ2n) is 6.24. The number of nitrogens with zero attached hydrogens (tertiary/aromatic N) is 5. The summed E-state index contributed by atoms with van der Waals surface area (Å²) in [6.45, 7) is 2.29. The number of piperidine rings is 1. The van der Waals surface area contributed by atoms with Crippen molar-refractivity contribution in [3.8, 4) is 0 Å². The van der Waals surface area contributed by atoms with Gasteiger partial charge in [-0.05, 0) is 24.7 Å². The third kappa shape index (κ3) is 1.87. The van der Waals surface area contributed by atoms with Gasteiger partial charge in [0.25, 0.3) is 0 Å². The van der Waals surface area contributed by atoms with E-state index in [4.69, 9.17) is 0 Å². The smallest absolute Gasteiger partial charge is 0.163 e. The minimum absolute atomic E-state index is 0.860. The number of anilines is 1. The van der Waals surface area contributed by atoms with E-state index in [-0.39, 0.29) is 0 Å². The quantitative estimate of drug-likeness (QED) is 0.799. The Labute approximate surface area is 119 Å². The molecule has 4 rings (SSSR count). The second-order valence-corrected chi connectivity index (χ2v) is 6.24. The highest BCUT2D eigenvalue weighted by Gasteiger charge is 2.32. The minimum Gasteiger partial charge on any atom is -0.356 e. The van der Waals surface area contributed by atoms with Crippen molar-refractivity contribution in [2.24, 2.45) is 18.9 Å². The van der Waals surface area contributed by atoms with E-state index in [0.717, 1.165) is 41.8 Å². The Morgan fingerprint density at radius 1 is 1.10 bits per heavy atom. The van der Waals surface area contributed by atoms with E-state index in [1.165, 1.54) is 32.1 Å². The molecular formula is C15H21N5. The Balaban J connectivity index is 1.66. The molecule has 2 fully saturated rings. The Bertz CT molecular complexity index is 620. The number of rotatable bonds is 1. The number of aromatic nitrogens is 4. The fraction of sp³-hybridized carbons (Fsp3) is 0.667. The fourth-order valence-corrected chi connectivity index (χ4v) is 3.99. The maximum atomic E-state index is 4.54. The van der Waals surface area contributed by atoms with Crippen LogP contribution in [0.2, 0.25) is 0 Å². The lowest BCUT2D eigenvalue weighted by Crippen LogP contribution is -2.42. The first-order chi connectivity index (χ1) is 9.83. The van der Waals surface area contributed by atoms with Gasteiger partial charge >= 0.3 is 0 Å². The van der Waals surface area contributed by atoms with Gasteiger partial charge in [0.1, 0.15) is 12.1 Å². The van der Waals surface area contributed by atoms with Crippen LogP contribution in [0.1, 0.15) is 32.1 Å². The van der Waals surface area contributed by atoms with Gasteiger partial charge in [0.15, 0.2) is 5.65 Å². The summed E-state index contributed by atoms with van der Waals surface area (Å²) in [6.07, 6.45) is 10.6. The SMILES string of the molecule is Cn1ncc2c(N3CC[C@@H]4CCCC[C@H]4C3)ncnc21. The lowest BCUT2D eigenvalue weighted by atomic mass is 9.75. The van der Waals surface area contributed by atoms with Crippen molar-refractivity contribution >= 4 is 16.9 Å². The van der Waals surface area contributed by atoms with Crippen LogP contribution in [0.15, 0.2) is 12.5 Å². The first kappa shape index (κ1) is 12.1. The van der Waals surface area contributed by atoms with Crippen molar-refractivity contribution in [2.75, 3.05) is 18.0 Å². The Morgan fingerprint density at radius 3 is 2.85 bits per heavy atom. The third-order valence-corrected chi connectivity index (χ3v) is 5.10. The normalized spacial score (nSPS) is 26.8. The van der Waals surface area contributed by atoms with Crippen LogP contribution in [-0.2, 0) is 7.05 Å². The lowest BCUT2D eigenvalue weighted by molar-refractivity contribution is 0.202. The Hall–Kier alpha value is -1.65. The van der Waals surface area contributed by atoms with Crippen molar-refractivity contribution in [3.63, 3.8) is 0 Å². The molecule has 0 radical (unpaired) electrons. The van der Waals surface area contributed by atoms with Gasteiger partial charge in [-0.25, -0.2) is 9.97 Å². The average Bonchev–Trinajstić information content (AvgIpc) is 2.88. The molecule has 106 valence electrons. The van der Waals surface area contributed by atoms with E-state index in [1.54, 1.807) is 6.33 Å². The van der Waals surface area contributed by atoms with Gasteiger partial charge in [-0.15, -0.1) is 0 Å². The first-order valence-corrected chi connectivity index (χ1v) is 7.70. The zero-order valence-corrected chi connectivity index (χ0v) is 12.0. The maximum absolute atomic E-state index is 4.54. The van der Waals surface area contributed by atoms with Gasteiger partial charge in [-0.1, -0.05) is 19.3 Å². The molecule has 1 saturated carbocycles. The second kappa shape index (κ2) is 4.72. The topological polar surface area (TPSA) is 46.8 Å². The molecule has 1 saturated heterocycles. The standard InChI is InChI=1S/C15H21N5/c1-19-14-13(8-18-19)15(17-10-16-14)20-7-6-11-4-2-3-5-12(11)9-20/h8,10-12H,2-7,9H2,1H3/t11-,12-/m0/s1. The van der Waals surface area contributed by atoms with Crippen LogP contribution in [0.3, 0.4) is 0 Å². The summed E-state index contributed by atoms with van der Waals surface area (Å²) in [7, 11) is 1.94. The maximum Gasteiger partial charge on any atom is 0.163 e. The van der Waals surface area contributed by atoms with Crippen LogP contribution >= 0.6 is 0 Å². The van der Waals surface area contributed by atoms with E-state index in [0.29, 0.717) is 0 Å². The zero-order chi connectivity index (χ0) is 13.5. The average molecular weight is 271 g/mol. The van der Waals surface area contributed by atoms with Crippen molar-refractivity contribution in [3.05, 3.63) is 12.5 Å². The summed E-state index contributed by atoms with van der Waals surface area (Å²) in [5.41, 5.74) is 0.931. The van der Waals surface area contributed by atoms with Crippen LogP contribution in [0.4, 0.5) is 5.82 Å². The molecule has 2 aliphatic rings. The zero-order valence-electron chi connectivity index (χ0n) is 12.0. The predicted octanol–water partition coefficient (Wildman–Crippen LogP) is 2.38. The lowest BCUT2D eigenvalue weighted by Gasteiger charge is -2.41. The molecule has 5 heteroatoms. The molecule has 0 bridgehead atoms.